The summed E-state index contributed by atoms with van der Waals surface area (Å²) in [7, 11) is 0. The molecule has 1 N–H and O–H groups in total. The van der Waals surface area contributed by atoms with Gasteiger partial charge in [-0.15, -0.1) is 0 Å². The molecule has 0 radical (unpaired) electrons. The van der Waals surface area contributed by atoms with E-state index in [2.05, 4.69) is 58.2 Å². The first-order chi connectivity index (χ1) is 12.8. The maximum absolute atomic E-state index is 5.86. The Labute approximate surface area is 167 Å². The Morgan fingerprint density at radius 3 is 2.88 bits per heavy atom. The van der Waals surface area contributed by atoms with Gasteiger partial charge in [0.2, 0.25) is 0 Å². The van der Waals surface area contributed by atoms with Crippen molar-refractivity contribution in [3.63, 3.8) is 0 Å². The number of hydrogen-bond donors (Lipinski definition) is 1. The zero-order valence-electron chi connectivity index (χ0n) is 14.8. The number of halogens is 1. The average Bonchev–Trinajstić information content (AvgIpc) is 2.84. The van der Waals surface area contributed by atoms with E-state index >= 15 is 0 Å². The number of anilines is 1. The normalized spacial score (nSPS) is 13.6. The number of hydrogen-bond acceptors (Lipinski definition) is 3. The molecule has 4 nitrogen and oxygen atoms in total. The minimum Gasteiger partial charge on any atom is -0.492 e. The van der Waals surface area contributed by atoms with Crippen molar-refractivity contribution in [2.24, 2.45) is 0 Å². The summed E-state index contributed by atoms with van der Waals surface area (Å²) in [5, 5.41) is 8.64. The summed E-state index contributed by atoms with van der Waals surface area (Å²) in [5.74, 6) is 1.96. The number of benzene rings is 2. The van der Waals surface area contributed by atoms with E-state index in [1.54, 1.807) is 0 Å². The van der Waals surface area contributed by atoms with E-state index in [0.717, 1.165) is 35.9 Å². The molecule has 0 saturated carbocycles. The third-order valence-corrected chi connectivity index (χ3v) is 5.29. The molecule has 0 fully saturated rings. The lowest BCUT2D eigenvalue weighted by Gasteiger charge is -2.13. The monoisotopic (exact) mass is 459 g/mol. The number of para-hydroxylation sites is 2. The predicted octanol–water partition coefficient (Wildman–Crippen LogP) is 5.29. The Hall–Kier alpha value is -2.02. The quantitative estimate of drug-likeness (QED) is 0.539. The highest BCUT2D eigenvalue weighted by molar-refractivity contribution is 14.1. The SMILES string of the molecule is CCOc1ccccc1-n1nc(-c2cccc(I)c2)c2c1NCCCC2. The van der Waals surface area contributed by atoms with Gasteiger partial charge in [-0.25, -0.2) is 4.68 Å². The van der Waals surface area contributed by atoms with Crippen LogP contribution in [0, 0.1) is 3.57 Å². The molecule has 0 bridgehead atoms. The number of nitrogens with one attached hydrogen (secondary N) is 1. The van der Waals surface area contributed by atoms with Crippen LogP contribution >= 0.6 is 22.6 Å². The van der Waals surface area contributed by atoms with E-state index in [9.17, 15) is 0 Å². The Kier molecular flexibility index (Phi) is 5.15. The first-order valence-electron chi connectivity index (χ1n) is 9.12. The lowest BCUT2D eigenvalue weighted by molar-refractivity contribution is 0.338. The third-order valence-electron chi connectivity index (χ3n) is 4.62. The summed E-state index contributed by atoms with van der Waals surface area (Å²) in [6.45, 7) is 3.62. The fraction of sp³-hybridized carbons (Fsp3) is 0.286. The van der Waals surface area contributed by atoms with Crippen LogP contribution in [0.1, 0.15) is 25.3 Å². The zero-order valence-corrected chi connectivity index (χ0v) is 17.0. The first-order valence-corrected chi connectivity index (χ1v) is 10.2. The molecule has 2 aromatic carbocycles. The van der Waals surface area contributed by atoms with Crippen LogP contribution in [0.2, 0.25) is 0 Å². The lowest BCUT2D eigenvalue weighted by atomic mass is 10.0. The van der Waals surface area contributed by atoms with Gasteiger partial charge >= 0.3 is 0 Å². The lowest BCUT2D eigenvalue weighted by Crippen LogP contribution is -2.08. The van der Waals surface area contributed by atoms with Gasteiger partial charge in [0.25, 0.3) is 0 Å². The highest BCUT2D eigenvalue weighted by atomic mass is 127. The molecule has 1 aliphatic rings. The molecule has 134 valence electrons. The van der Waals surface area contributed by atoms with Gasteiger partial charge in [0, 0.05) is 21.2 Å². The van der Waals surface area contributed by atoms with Crippen LogP contribution in [-0.2, 0) is 6.42 Å². The van der Waals surface area contributed by atoms with Gasteiger partial charge in [-0.2, -0.15) is 5.10 Å². The van der Waals surface area contributed by atoms with Crippen LogP contribution in [0.25, 0.3) is 16.9 Å². The van der Waals surface area contributed by atoms with E-state index in [4.69, 9.17) is 9.84 Å². The number of rotatable bonds is 4. The Morgan fingerprint density at radius 1 is 1.15 bits per heavy atom. The zero-order chi connectivity index (χ0) is 17.9. The van der Waals surface area contributed by atoms with E-state index in [1.165, 1.54) is 27.5 Å². The summed E-state index contributed by atoms with van der Waals surface area (Å²) in [6, 6.07) is 16.7. The van der Waals surface area contributed by atoms with Gasteiger partial charge in [-0.05, 0) is 73.0 Å². The Morgan fingerprint density at radius 2 is 2.04 bits per heavy atom. The molecule has 5 heteroatoms. The number of ether oxygens (including phenoxy) is 1. The molecule has 2 heterocycles. The van der Waals surface area contributed by atoms with Crippen LogP contribution in [0.15, 0.2) is 48.5 Å². The molecular formula is C21H22IN3O. The van der Waals surface area contributed by atoms with Crippen molar-refractivity contribution in [1.29, 1.82) is 0 Å². The molecule has 1 aliphatic heterocycles. The second-order valence-electron chi connectivity index (χ2n) is 6.38. The fourth-order valence-corrected chi connectivity index (χ4v) is 4.00. The molecule has 0 amide bonds. The second-order valence-corrected chi connectivity index (χ2v) is 7.63. The van der Waals surface area contributed by atoms with Crippen LogP contribution in [0.3, 0.4) is 0 Å². The van der Waals surface area contributed by atoms with Crippen molar-refractivity contribution in [1.82, 2.24) is 9.78 Å². The molecule has 0 aliphatic carbocycles. The van der Waals surface area contributed by atoms with E-state index in [0.29, 0.717) is 6.61 Å². The van der Waals surface area contributed by atoms with Crippen molar-refractivity contribution in [3.8, 4) is 22.7 Å². The minimum absolute atomic E-state index is 0.637. The molecule has 0 atom stereocenters. The number of fused-ring (bicyclic) bond motifs is 1. The minimum atomic E-state index is 0.637. The summed E-state index contributed by atoms with van der Waals surface area (Å²) in [5.41, 5.74) is 4.52. The van der Waals surface area contributed by atoms with Crippen LogP contribution in [0.4, 0.5) is 5.82 Å². The molecule has 1 aromatic heterocycles. The van der Waals surface area contributed by atoms with Crippen molar-refractivity contribution >= 4 is 28.4 Å². The van der Waals surface area contributed by atoms with Crippen LogP contribution in [-0.4, -0.2) is 22.9 Å². The summed E-state index contributed by atoms with van der Waals surface area (Å²) in [6.07, 6.45) is 3.39. The summed E-state index contributed by atoms with van der Waals surface area (Å²) in [4.78, 5) is 0. The second kappa shape index (κ2) is 7.70. The van der Waals surface area contributed by atoms with E-state index < -0.39 is 0 Å². The Bertz CT molecular complexity index is 919. The fourth-order valence-electron chi connectivity index (χ4n) is 3.45. The molecular weight excluding hydrogens is 437 g/mol. The van der Waals surface area contributed by atoms with Crippen molar-refractivity contribution < 1.29 is 4.74 Å². The van der Waals surface area contributed by atoms with Crippen molar-refractivity contribution in [3.05, 3.63) is 57.7 Å². The summed E-state index contributed by atoms with van der Waals surface area (Å²) < 4.78 is 9.11. The first kappa shape index (κ1) is 17.4. The van der Waals surface area contributed by atoms with Gasteiger partial charge < -0.3 is 10.1 Å². The smallest absolute Gasteiger partial charge is 0.145 e. The molecule has 0 spiro atoms. The van der Waals surface area contributed by atoms with Crippen LogP contribution in [0.5, 0.6) is 5.75 Å². The topological polar surface area (TPSA) is 39.1 Å². The molecule has 0 unspecified atom stereocenters. The predicted molar refractivity (Wildman–Crippen MR) is 114 cm³/mol. The molecule has 3 aromatic rings. The molecule has 26 heavy (non-hydrogen) atoms. The highest BCUT2D eigenvalue weighted by Crippen LogP contribution is 2.36. The number of aromatic nitrogens is 2. The van der Waals surface area contributed by atoms with E-state index in [1.807, 2.05) is 29.8 Å². The summed E-state index contributed by atoms with van der Waals surface area (Å²) >= 11 is 2.36. The number of nitrogens with zero attached hydrogens (tertiary/aromatic N) is 2. The van der Waals surface area contributed by atoms with Gasteiger partial charge in [0.15, 0.2) is 0 Å². The Balaban J connectivity index is 1.91. The third kappa shape index (κ3) is 3.32. The maximum Gasteiger partial charge on any atom is 0.145 e. The highest BCUT2D eigenvalue weighted by Gasteiger charge is 2.23. The molecule has 4 rings (SSSR count). The van der Waals surface area contributed by atoms with Crippen molar-refractivity contribution in [2.45, 2.75) is 26.2 Å². The molecule has 0 saturated heterocycles. The van der Waals surface area contributed by atoms with Gasteiger partial charge in [0.05, 0.1) is 12.3 Å². The standard InChI is InChI=1S/C21H22IN3O/c1-2-26-19-12-4-3-11-18(19)25-21-17(10-5-6-13-23-21)20(24-25)15-8-7-9-16(22)14-15/h3-4,7-9,11-12,14,23H,2,5-6,10,13H2,1H3. The van der Waals surface area contributed by atoms with Gasteiger partial charge in [-0.3, -0.25) is 0 Å². The average molecular weight is 459 g/mol. The largest absolute Gasteiger partial charge is 0.492 e. The van der Waals surface area contributed by atoms with Crippen LogP contribution < -0.4 is 10.1 Å². The van der Waals surface area contributed by atoms with Crippen molar-refractivity contribution in [2.75, 3.05) is 18.5 Å². The van der Waals surface area contributed by atoms with Gasteiger partial charge in [0.1, 0.15) is 17.3 Å². The van der Waals surface area contributed by atoms with E-state index in [-0.39, 0.29) is 0 Å². The van der Waals surface area contributed by atoms with Gasteiger partial charge in [-0.1, -0.05) is 24.3 Å². The maximum atomic E-state index is 5.86.